The summed E-state index contributed by atoms with van der Waals surface area (Å²) in [6, 6.07) is 0. The maximum absolute atomic E-state index is 9.76. The number of aliphatic carboxylic acids is 1. The number of hydrogen-bond acceptors (Lipinski definition) is 2. The zero-order valence-electron chi connectivity index (χ0n) is 5.85. The van der Waals surface area contributed by atoms with Gasteiger partial charge in [0.15, 0.2) is 0 Å². The molecule has 1 aliphatic carbocycles. The Hall–Kier alpha value is -0.570. The maximum Gasteiger partial charge on any atom is 0.306 e. The van der Waals surface area contributed by atoms with Gasteiger partial charge in [0.2, 0.25) is 0 Å². The standard InChI is InChI=1S/C4H6O2.C2H7N/c5-4(6)3-1-2-3;1-3-2/h3H,1-2H2,(H,5,6);3H,1-2H3. The first-order chi connectivity index (χ1) is 4.22. The van der Waals surface area contributed by atoms with E-state index < -0.39 is 5.97 Å². The molecule has 1 fully saturated rings. The summed E-state index contributed by atoms with van der Waals surface area (Å²) < 4.78 is 0. The van der Waals surface area contributed by atoms with Crippen molar-refractivity contribution in [3.63, 3.8) is 0 Å². The molecular formula is C6H13NO2. The van der Waals surface area contributed by atoms with Crippen LogP contribution in [0.25, 0.3) is 0 Å². The summed E-state index contributed by atoms with van der Waals surface area (Å²) in [5.74, 6) is -0.611. The molecule has 1 saturated carbocycles. The van der Waals surface area contributed by atoms with Crippen molar-refractivity contribution in [2.24, 2.45) is 5.92 Å². The second-order valence-electron chi connectivity index (χ2n) is 2.11. The van der Waals surface area contributed by atoms with Gasteiger partial charge in [-0.1, -0.05) is 0 Å². The summed E-state index contributed by atoms with van der Waals surface area (Å²) >= 11 is 0. The Bertz CT molecular complexity index is 89.1. The Balaban J connectivity index is 0.000000187. The molecule has 1 aliphatic rings. The second kappa shape index (κ2) is 4.32. The maximum atomic E-state index is 9.76. The molecule has 3 heteroatoms. The van der Waals surface area contributed by atoms with E-state index in [4.69, 9.17) is 5.11 Å². The lowest BCUT2D eigenvalue weighted by atomic mass is 10.5. The minimum Gasteiger partial charge on any atom is -0.481 e. The van der Waals surface area contributed by atoms with E-state index in [0.29, 0.717) is 0 Å². The topological polar surface area (TPSA) is 49.3 Å². The van der Waals surface area contributed by atoms with Crippen molar-refractivity contribution in [1.82, 2.24) is 5.32 Å². The molecule has 0 bridgehead atoms. The summed E-state index contributed by atoms with van der Waals surface area (Å²) in [6.45, 7) is 0. The second-order valence-corrected chi connectivity index (χ2v) is 2.11. The lowest BCUT2D eigenvalue weighted by molar-refractivity contribution is -0.138. The average molecular weight is 131 g/mol. The molecule has 0 amide bonds. The number of carbonyl (C=O) groups is 1. The molecule has 0 heterocycles. The van der Waals surface area contributed by atoms with Gasteiger partial charge in [0, 0.05) is 0 Å². The molecule has 0 aromatic heterocycles. The largest absolute Gasteiger partial charge is 0.481 e. The monoisotopic (exact) mass is 131 g/mol. The van der Waals surface area contributed by atoms with E-state index in [2.05, 4.69) is 5.32 Å². The Morgan fingerprint density at radius 1 is 1.56 bits per heavy atom. The predicted octanol–water partition coefficient (Wildman–Crippen LogP) is 0.317. The SMILES string of the molecule is CNC.O=C(O)C1CC1. The molecule has 0 aliphatic heterocycles. The summed E-state index contributed by atoms with van der Waals surface area (Å²) in [7, 11) is 3.75. The normalized spacial score (nSPS) is 15.8. The van der Waals surface area contributed by atoms with Crippen LogP contribution in [0.1, 0.15) is 12.8 Å². The van der Waals surface area contributed by atoms with Gasteiger partial charge in [0.05, 0.1) is 5.92 Å². The van der Waals surface area contributed by atoms with Crippen LogP contribution in [0.2, 0.25) is 0 Å². The lowest BCUT2D eigenvalue weighted by Gasteiger charge is -1.75. The van der Waals surface area contributed by atoms with Crippen LogP contribution in [0.15, 0.2) is 0 Å². The van der Waals surface area contributed by atoms with Crippen molar-refractivity contribution in [3.8, 4) is 0 Å². The number of rotatable bonds is 1. The zero-order valence-corrected chi connectivity index (χ0v) is 5.85. The van der Waals surface area contributed by atoms with Crippen LogP contribution in [0, 0.1) is 5.92 Å². The minimum absolute atomic E-state index is 0.0185. The van der Waals surface area contributed by atoms with Crippen molar-refractivity contribution in [3.05, 3.63) is 0 Å². The Kier molecular flexibility index (Phi) is 4.05. The van der Waals surface area contributed by atoms with E-state index in [-0.39, 0.29) is 5.92 Å². The van der Waals surface area contributed by atoms with E-state index in [9.17, 15) is 4.79 Å². The van der Waals surface area contributed by atoms with Gasteiger partial charge in [-0.25, -0.2) is 0 Å². The highest BCUT2D eigenvalue weighted by molar-refractivity contribution is 5.72. The quantitative estimate of drug-likeness (QED) is 0.538. The van der Waals surface area contributed by atoms with Gasteiger partial charge < -0.3 is 10.4 Å². The Labute approximate surface area is 55.1 Å². The van der Waals surface area contributed by atoms with E-state index in [0.717, 1.165) is 12.8 Å². The van der Waals surface area contributed by atoms with Gasteiger partial charge in [0.1, 0.15) is 0 Å². The summed E-state index contributed by atoms with van der Waals surface area (Å²) in [4.78, 5) is 9.76. The molecular weight excluding hydrogens is 118 g/mol. The summed E-state index contributed by atoms with van der Waals surface area (Å²) in [5.41, 5.74) is 0. The van der Waals surface area contributed by atoms with Gasteiger partial charge in [-0.05, 0) is 26.9 Å². The fraction of sp³-hybridized carbons (Fsp3) is 0.833. The van der Waals surface area contributed by atoms with Crippen LogP contribution in [-0.2, 0) is 4.79 Å². The van der Waals surface area contributed by atoms with Gasteiger partial charge in [-0.3, -0.25) is 4.79 Å². The van der Waals surface area contributed by atoms with E-state index in [1.54, 1.807) is 0 Å². The van der Waals surface area contributed by atoms with Crippen molar-refractivity contribution < 1.29 is 9.90 Å². The molecule has 54 valence electrons. The number of nitrogens with one attached hydrogen (secondary N) is 1. The van der Waals surface area contributed by atoms with E-state index >= 15 is 0 Å². The summed E-state index contributed by atoms with van der Waals surface area (Å²) in [5, 5.41) is 10.8. The first-order valence-electron chi connectivity index (χ1n) is 3.03. The third kappa shape index (κ3) is 5.30. The first-order valence-corrected chi connectivity index (χ1v) is 3.03. The van der Waals surface area contributed by atoms with Crippen LogP contribution >= 0.6 is 0 Å². The van der Waals surface area contributed by atoms with Crippen LogP contribution < -0.4 is 5.32 Å². The van der Waals surface area contributed by atoms with Crippen LogP contribution in [0.5, 0.6) is 0 Å². The Morgan fingerprint density at radius 3 is 1.89 bits per heavy atom. The third-order valence-electron chi connectivity index (χ3n) is 0.927. The molecule has 2 N–H and O–H groups in total. The smallest absolute Gasteiger partial charge is 0.306 e. The third-order valence-corrected chi connectivity index (χ3v) is 0.927. The van der Waals surface area contributed by atoms with E-state index in [1.807, 2.05) is 14.1 Å². The van der Waals surface area contributed by atoms with Crippen molar-refractivity contribution >= 4 is 5.97 Å². The van der Waals surface area contributed by atoms with Crippen molar-refractivity contribution in [1.29, 1.82) is 0 Å². The van der Waals surface area contributed by atoms with Crippen molar-refractivity contribution in [2.45, 2.75) is 12.8 Å². The van der Waals surface area contributed by atoms with Crippen LogP contribution in [0.3, 0.4) is 0 Å². The fourth-order valence-corrected chi connectivity index (χ4v) is 0.330. The molecule has 0 radical (unpaired) electrons. The molecule has 0 aromatic carbocycles. The van der Waals surface area contributed by atoms with Gasteiger partial charge in [0.25, 0.3) is 0 Å². The van der Waals surface area contributed by atoms with Gasteiger partial charge in [-0.2, -0.15) is 0 Å². The molecule has 0 saturated heterocycles. The highest BCUT2D eigenvalue weighted by Gasteiger charge is 2.28. The molecule has 0 atom stereocenters. The Morgan fingerprint density at radius 2 is 1.89 bits per heavy atom. The van der Waals surface area contributed by atoms with Gasteiger partial charge in [-0.15, -0.1) is 0 Å². The van der Waals surface area contributed by atoms with E-state index in [1.165, 1.54) is 0 Å². The van der Waals surface area contributed by atoms with Crippen LogP contribution in [-0.4, -0.2) is 25.2 Å². The fourth-order valence-electron chi connectivity index (χ4n) is 0.330. The highest BCUT2D eigenvalue weighted by atomic mass is 16.4. The average Bonchev–Trinajstić information content (AvgIpc) is 2.44. The first kappa shape index (κ1) is 8.43. The zero-order chi connectivity index (χ0) is 7.28. The predicted molar refractivity (Wildman–Crippen MR) is 35.3 cm³/mol. The molecule has 0 aromatic rings. The molecule has 1 rings (SSSR count). The van der Waals surface area contributed by atoms with Crippen LogP contribution in [0.4, 0.5) is 0 Å². The molecule has 9 heavy (non-hydrogen) atoms. The number of carboxylic acid groups (broad SMARTS) is 1. The number of carboxylic acids is 1. The molecule has 0 spiro atoms. The number of hydrogen-bond donors (Lipinski definition) is 2. The summed E-state index contributed by atoms with van der Waals surface area (Å²) in [6.07, 6.45) is 1.80. The molecule has 0 unspecified atom stereocenters. The lowest BCUT2D eigenvalue weighted by Crippen LogP contribution is -1.94. The molecule has 3 nitrogen and oxygen atoms in total. The minimum atomic E-state index is -0.630. The van der Waals surface area contributed by atoms with Crippen molar-refractivity contribution in [2.75, 3.05) is 14.1 Å². The van der Waals surface area contributed by atoms with Gasteiger partial charge >= 0.3 is 5.97 Å². The highest BCUT2D eigenvalue weighted by Crippen LogP contribution is 2.28.